The fourth-order valence-corrected chi connectivity index (χ4v) is 2.31. The number of hydrogen-bond acceptors (Lipinski definition) is 3. The zero-order valence-corrected chi connectivity index (χ0v) is 13.4. The minimum atomic E-state index is -0.541. The Morgan fingerprint density at radius 2 is 1.96 bits per heavy atom. The first kappa shape index (κ1) is 16.5. The predicted molar refractivity (Wildman–Crippen MR) is 90.5 cm³/mol. The third-order valence-corrected chi connectivity index (χ3v) is 3.50. The van der Waals surface area contributed by atoms with E-state index in [-0.39, 0.29) is 18.1 Å². The third-order valence-electron chi connectivity index (χ3n) is 3.50. The van der Waals surface area contributed by atoms with Crippen LogP contribution < -0.4 is 15.6 Å². The van der Waals surface area contributed by atoms with E-state index in [2.05, 4.69) is 15.8 Å². The van der Waals surface area contributed by atoms with Gasteiger partial charge in [-0.15, -0.1) is 0 Å². The molecule has 0 fully saturated rings. The van der Waals surface area contributed by atoms with Crippen LogP contribution in [0.5, 0.6) is 5.75 Å². The smallest absolute Gasteiger partial charge is 0.286 e. The number of rotatable bonds is 4. The van der Waals surface area contributed by atoms with Crippen LogP contribution in [0.2, 0.25) is 0 Å². The average Bonchev–Trinajstić information content (AvgIpc) is 3.01. The van der Waals surface area contributed by atoms with Gasteiger partial charge in [0.15, 0.2) is 6.61 Å². The molecule has 0 saturated carbocycles. The molecule has 128 valence electrons. The van der Waals surface area contributed by atoms with Crippen molar-refractivity contribution in [2.45, 2.75) is 6.92 Å². The second-order valence-electron chi connectivity index (χ2n) is 5.52. The number of aryl methyl sites for hydroxylation is 1. The van der Waals surface area contributed by atoms with E-state index in [0.717, 1.165) is 5.56 Å². The summed E-state index contributed by atoms with van der Waals surface area (Å²) in [4.78, 5) is 26.6. The van der Waals surface area contributed by atoms with Crippen molar-refractivity contribution in [2.75, 3.05) is 6.61 Å². The van der Waals surface area contributed by atoms with E-state index < -0.39 is 11.8 Å². The van der Waals surface area contributed by atoms with Crippen molar-refractivity contribution in [3.05, 3.63) is 65.6 Å². The number of ether oxygens (including phenoxy) is 1. The first-order chi connectivity index (χ1) is 12.0. The summed E-state index contributed by atoms with van der Waals surface area (Å²) >= 11 is 0. The molecule has 0 radical (unpaired) electrons. The molecular weight excluding hydrogens is 325 g/mol. The van der Waals surface area contributed by atoms with E-state index in [1.165, 1.54) is 24.3 Å². The highest BCUT2D eigenvalue weighted by Gasteiger charge is 2.11. The standard InChI is InChI=1S/C18H16FN3O3/c1-11-3-2-4-14(7-11)25-10-17(23)21-22-18(24)16-9-12-8-13(19)5-6-15(12)20-16/h2-9,20H,10H2,1H3,(H,21,23)(H,22,24). The van der Waals surface area contributed by atoms with Crippen LogP contribution in [0, 0.1) is 12.7 Å². The van der Waals surface area contributed by atoms with Crippen LogP contribution in [0.1, 0.15) is 16.1 Å². The Morgan fingerprint density at radius 1 is 1.12 bits per heavy atom. The number of aromatic nitrogens is 1. The summed E-state index contributed by atoms with van der Waals surface area (Å²) in [7, 11) is 0. The number of aromatic amines is 1. The number of halogens is 1. The molecule has 0 unspecified atom stereocenters. The zero-order chi connectivity index (χ0) is 17.8. The number of carbonyl (C=O) groups excluding carboxylic acids is 2. The van der Waals surface area contributed by atoms with E-state index in [1.807, 2.05) is 19.1 Å². The van der Waals surface area contributed by atoms with Gasteiger partial charge in [0.2, 0.25) is 0 Å². The first-order valence-electron chi connectivity index (χ1n) is 7.58. The van der Waals surface area contributed by atoms with Crippen LogP contribution in [-0.2, 0) is 4.79 Å². The van der Waals surface area contributed by atoms with Gasteiger partial charge in [-0.3, -0.25) is 20.4 Å². The van der Waals surface area contributed by atoms with Crippen LogP contribution in [0.4, 0.5) is 4.39 Å². The molecule has 0 atom stereocenters. The largest absolute Gasteiger partial charge is 0.484 e. The molecule has 3 aromatic rings. The quantitative estimate of drug-likeness (QED) is 0.638. The summed E-state index contributed by atoms with van der Waals surface area (Å²) in [5.74, 6) is -0.864. The summed E-state index contributed by atoms with van der Waals surface area (Å²) in [6, 6.07) is 12.9. The van der Waals surface area contributed by atoms with Crippen LogP contribution >= 0.6 is 0 Å². The van der Waals surface area contributed by atoms with Crippen molar-refractivity contribution in [1.29, 1.82) is 0 Å². The summed E-state index contributed by atoms with van der Waals surface area (Å²) in [6.45, 7) is 1.68. The molecule has 1 aromatic heterocycles. The van der Waals surface area contributed by atoms with Gasteiger partial charge in [0.1, 0.15) is 17.3 Å². The highest BCUT2D eigenvalue weighted by Crippen LogP contribution is 2.16. The van der Waals surface area contributed by atoms with Gasteiger partial charge in [-0.05, 0) is 48.9 Å². The normalized spacial score (nSPS) is 10.5. The number of hydrazine groups is 1. The predicted octanol–water partition coefficient (Wildman–Crippen LogP) is 2.46. The lowest BCUT2D eigenvalue weighted by Gasteiger charge is -2.08. The van der Waals surface area contributed by atoms with Crippen LogP contribution in [0.3, 0.4) is 0 Å². The lowest BCUT2D eigenvalue weighted by molar-refractivity contribution is -0.123. The van der Waals surface area contributed by atoms with E-state index >= 15 is 0 Å². The number of fused-ring (bicyclic) bond motifs is 1. The Hall–Kier alpha value is -3.35. The average molecular weight is 341 g/mol. The lowest BCUT2D eigenvalue weighted by atomic mass is 10.2. The molecule has 3 N–H and O–H groups in total. The van der Waals surface area contributed by atoms with Crippen LogP contribution in [-0.4, -0.2) is 23.4 Å². The van der Waals surface area contributed by atoms with Gasteiger partial charge in [-0.25, -0.2) is 4.39 Å². The fraction of sp³-hybridized carbons (Fsp3) is 0.111. The molecule has 3 rings (SSSR count). The van der Waals surface area contributed by atoms with Crippen molar-refractivity contribution in [1.82, 2.24) is 15.8 Å². The van der Waals surface area contributed by atoms with Crippen molar-refractivity contribution in [3.8, 4) is 5.75 Å². The molecule has 0 bridgehead atoms. The second kappa shape index (κ2) is 7.04. The molecule has 2 amide bonds. The van der Waals surface area contributed by atoms with Gasteiger partial charge in [0, 0.05) is 10.9 Å². The first-order valence-corrected chi connectivity index (χ1v) is 7.58. The molecule has 6 nitrogen and oxygen atoms in total. The highest BCUT2D eigenvalue weighted by atomic mass is 19.1. The minimum absolute atomic E-state index is 0.209. The number of nitrogens with one attached hydrogen (secondary N) is 3. The molecule has 0 saturated heterocycles. The molecule has 1 heterocycles. The maximum Gasteiger partial charge on any atom is 0.286 e. The third kappa shape index (κ3) is 4.14. The SMILES string of the molecule is Cc1cccc(OCC(=O)NNC(=O)c2cc3cc(F)ccc3[nH]2)c1. The molecule has 25 heavy (non-hydrogen) atoms. The number of carbonyl (C=O) groups is 2. The lowest BCUT2D eigenvalue weighted by Crippen LogP contribution is -2.43. The monoisotopic (exact) mass is 341 g/mol. The number of hydrogen-bond donors (Lipinski definition) is 3. The topological polar surface area (TPSA) is 83.2 Å². The maximum absolute atomic E-state index is 13.2. The molecule has 0 spiro atoms. The van der Waals surface area contributed by atoms with Crippen molar-refractivity contribution in [3.63, 3.8) is 0 Å². The molecule has 0 aliphatic carbocycles. The summed E-state index contributed by atoms with van der Waals surface area (Å²) in [5, 5.41) is 0.569. The molecule has 7 heteroatoms. The van der Waals surface area contributed by atoms with Gasteiger partial charge >= 0.3 is 0 Å². The van der Waals surface area contributed by atoms with Gasteiger partial charge in [0.05, 0.1) is 0 Å². The van der Waals surface area contributed by atoms with Gasteiger partial charge in [0.25, 0.3) is 11.8 Å². The van der Waals surface area contributed by atoms with Gasteiger partial charge in [-0.1, -0.05) is 12.1 Å². The van der Waals surface area contributed by atoms with Crippen molar-refractivity contribution < 1.29 is 18.7 Å². The maximum atomic E-state index is 13.2. The van der Waals surface area contributed by atoms with Crippen molar-refractivity contribution in [2.24, 2.45) is 0 Å². The molecule has 0 aliphatic heterocycles. The summed E-state index contributed by atoms with van der Waals surface area (Å²) in [5.41, 5.74) is 6.39. The Balaban J connectivity index is 1.53. The second-order valence-corrected chi connectivity index (χ2v) is 5.52. The highest BCUT2D eigenvalue weighted by molar-refractivity contribution is 5.98. The Kier molecular flexibility index (Phi) is 4.65. The summed E-state index contributed by atoms with van der Waals surface area (Å²) in [6.07, 6.45) is 0. The molecule has 2 aromatic carbocycles. The Morgan fingerprint density at radius 3 is 2.76 bits per heavy atom. The minimum Gasteiger partial charge on any atom is -0.484 e. The Labute approximate surface area is 143 Å². The molecule has 0 aliphatic rings. The van der Waals surface area contributed by atoms with Crippen LogP contribution in [0.25, 0.3) is 10.9 Å². The number of amides is 2. The number of H-pyrrole nitrogens is 1. The Bertz CT molecular complexity index is 936. The van der Waals surface area contributed by atoms with E-state index in [0.29, 0.717) is 16.7 Å². The van der Waals surface area contributed by atoms with E-state index in [9.17, 15) is 14.0 Å². The van der Waals surface area contributed by atoms with Crippen LogP contribution in [0.15, 0.2) is 48.5 Å². The zero-order valence-electron chi connectivity index (χ0n) is 13.4. The summed E-state index contributed by atoms with van der Waals surface area (Å²) < 4.78 is 18.5. The number of benzene rings is 2. The van der Waals surface area contributed by atoms with Crippen molar-refractivity contribution >= 4 is 22.7 Å². The van der Waals surface area contributed by atoms with E-state index in [1.54, 1.807) is 12.1 Å². The molecular formula is C18H16FN3O3. The fourth-order valence-electron chi connectivity index (χ4n) is 2.31. The van der Waals surface area contributed by atoms with E-state index in [4.69, 9.17) is 4.74 Å². The van der Waals surface area contributed by atoms with Gasteiger partial charge < -0.3 is 9.72 Å². The van der Waals surface area contributed by atoms with Gasteiger partial charge in [-0.2, -0.15) is 0 Å².